The first-order chi connectivity index (χ1) is 11.6. The van der Waals surface area contributed by atoms with Crippen LogP contribution in [-0.2, 0) is 9.47 Å². The van der Waals surface area contributed by atoms with Gasteiger partial charge in [0.25, 0.3) is 5.91 Å². The highest BCUT2D eigenvalue weighted by molar-refractivity contribution is 5.95. The van der Waals surface area contributed by atoms with Crippen LogP contribution < -0.4 is 5.01 Å². The van der Waals surface area contributed by atoms with Gasteiger partial charge in [-0.05, 0) is 37.6 Å². The molecule has 1 saturated heterocycles. The smallest absolute Gasteiger partial charge is 0.254 e. The lowest BCUT2D eigenvalue weighted by atomic mass is 10.1. The highest BCUT2D eigenvalue weighted by Crippen LogP contribution is 2.25. The molecule has 0 radical (unpaired) electrons. The van der Waals surface area contributed by atoms with Gasteiger partial charge in [0.2, 0.25) is 0 Å². The zero-order chi connectivity index (χ0) is 17.1. The summed E-state index contributed by atoms with van der Waals surface area (Å²) < 4.78 is 10.7. The number of benzene rings is 1. The molecule has 2 aliphatic heterocycles. The zero-order valence-corrected chi connectivity index (χ0v) is 14.6. The lowest BCUT2D eigenvalue weighted by Gasteiger charge is -2.24. The summed E-state index contributed by atoms with van der Waals surface area (Å²) in [4.78, 5) is 14.7. The van der Waals surface area contributed by atoms with Gasteiger partial charge in [-0.3, -0.25) is 9.80 Å². The third kappa shape index (κ3) is 3.44. The second kappa shape index (κ2) is 7.32. The van der Waals surface area contributed by atoms with Gasteiger partial charge in [0.05, 0.1) is 24.4 Å². The second-order valence-corrected chi connectivity index (χ2v) is 6.42. The van der Waals surface area contributed by atoms with Gasteiger partial charge in [0.15, 0.2) is 0 Å². The van der Waals surface area contributed by atoms with E-state index in [4.69, 9.17) is 9.47 Å². The number of amides is 1. The standard InChI is InChI=1S/C18H25N3O3/c1-13-8-9-21(19-13)15-6-4-14(5-7-15)18(22)20-11-17(24-3)10-16(20)12-23-2/h4-7,16-17H,8-12H2,1-3H3/t16-,17-/m0/s1. The van der Waals surface area contributed by atoms with Crippen molar-refractivity contribution in [3.8, 4) is 0 Å². The van der Waals surface area contributed by atoms with Crippen molar-refractivity contribution in [3.63, 3.8) is 0 Å². The van der Waals surface area contributed by atoms with E-state index in [2.05, 4.69) is 5.10 Å². The third-order valence-electron chi connectivity index (χ3n) is 4.72. The van der Waals surface area contributed by atoms with Crippen LogP contribution in [0.5, 0.6) is 0 Å². The first kappa shape index (κ1) is 16.9. The van der Waals surface area contributed by atoms with Crippen molar-refractivity contribution in [2.24, 2.45) is 5.10 Å². The van der Waals surface area contributed by atoms with Crippen LogP contribution in [0, 0.1) is 0 Å². The molecule has 0 unspecified atom stereocenters. The van der Waals surface area contributed by atoms with E-state index in [1.807, 2.05) is 41.1 Å². The maximum atomic E-state index is 12.9. The Balaban J connectivity index is 1.72. The van der Waals surface area contributed by atoms with E-state index in [9.17, 15) is 4.79 Å². The maximum absolute atomic E-state index is 12.9. The second-order valence-electron chi connectivity index (χ2n) is 6.42. The van der Waals surface area contributed by atoms with E-state index in [0.29, 0.717) is 18.7 Å². The summed E-state index contributed by atoms with van der Waals surface area (Å²) in [6.45, 7) is 4.08. The number of nitrogens with zero attached hydrogens (tertiary/aromatic N) is 3. The fourth-order valence-electron chi connectivity index (χ4n) is 3.35. The predicted octanol–water partition coefficient (Wildman–Crippen LogP) is 2.15. The van der Waals surface area contributed by atoms with Crippen LogP contribution in [0.4, 0.5) is 5.69 Å². The van der Waals surface area contributed by atoms with E-state index >= 15 is 0 Å². The van der Waals surface area contributed by atoms with Crippen LogP contribution >= 0.6 is 0 Å². The van der Waals surface area contributed by atoms with Gasteiger partial charge in [-0.25, -0.2) is 0 Å². The molecular formula is C18H25N3O3. The monoisotopic (exact) mass is 331 g/mol. The van der Waals surface area contributed by atoms with Crippen LogP contribution in [0.1, 0.15) is 30.1 Å². The van der Waals surface area contributed by atoms with E-state index in [1.54, 1.807) is 14.2 Å². The molecule has 6 heteroatoms. The van der Waals surface area contributed by atoms with E-state index in [-0.39, 0.29) is 18.1 Å². The number of hydrogen-bond donors (Lipinski definition) is 0. The van der Waals surface area contributed by atoms with Gasteiger partial charge in [0, 0.05) is 45.0 Å². The van der Waals surface area contributed by atoms with E-state index in [1.165, 1.54) is 0 Å². The van der Waals surface area contributed by atoms with E-state index < -0.39 is 0 Å². The van der Waals surface area contributed by atoms with E-state index in [0.717, 1.165) is 30.8 Å². The fourth-order valence-corrected chi connectivity index (χ4v) is 3.35. The average molecular weight is 331 g/mol. The number of anilines is 1. The Morgan fingerprint density at radius 2 is 2.04 bits per heavy atom. The van der Waals surface area contributed by atoms with Crippen molar-refractivity contribution < 1.29 is 14.3 Å². The molecule has 24 heavy (non-hydrogen) atoms. The molecule has 1 amide bonds. The molecule has 0 saturated carbocycles. The minimum absolute atomic E-state index is 0.0317. The molecule has 0 spiro atoms. The Hall–Kier alpha value is -1.92. The van der Waals surface area contributed by atoms with Crippen LogP contribution in [0.2, 0.25) is 0 Å². The molecule has 0 bridgehead atoms. The van der Waals surface area contributed by atoms with Gasteiger partial charge < -0.3 is 14.4 Å². The molecule has 6 nitrogen and oxygen atoms in total. The Morgan fingerprint density at radius 1 is 1.29 bits per heavy atom. The number of carbonyl (C=O) groups is 1. The van der Waals surface area contributed by atoms with Crippen molar-refractivity contribution in [1.82, 2.24) is 4.90 Å². The fraction of sp³-hybridized carbons (Fsp3) is 0.556. The van der Waals surface area contributed by atoms with Crippen LogP contribution in [0.15, 0.2) is 29.4 Å². The zero-order valence-electron chi connectivity index (χ0n) is 14.6. The van der Waals surface area contributed by atoms with Crippen LogP contribution in [0.25, 0.3) is 0 Å². The molecule has 2 heterocycles. The van der Waals surface area contributed by atoms with Crippen molar-refractivity contribution in [2.75, 3.05) is 38.9 Å². The number of hydrazone groups is 1. The Kier molecular flexibility index (Phi) is 5.16. The summed E-state index contributed by atoms with van der Waals surface area (Å²) in [5.41, 5.74) is 2.85. The summed E-state index contributed by atoms with van der Waals surface area (Å²) in [6, 6.07) is 7.75. The first-order valence-electron chi connectivity index (χ1n) is 8.36. The normalized spacial score (nSPS) is 23.7. The maximum Gasteiger partial charge on any atom is 0.254 e. The molecule has 0 aliphatic carbocycles. The van der Waals surface area contributed by atoms with Crippen molar-refractivity contribution >= 4 is 17.3 Å². The SMILES string of the molecule is COC[C@@H]1C[C@H](OC)CN1C(=O)c1ccc(N2CCC(C)=N2)cc1. The molecule has 0 N–H and O–H groups in total. The summed E-state index contributed by atoms with van der Waals surface area (Å²) in [6.07, 6.45) is 1.89. The number of hydrogen-bond acceptors (Lipinski definition) is 5. The molecule has 3 rings (SSSR count). The van der Waals surface area contributed by atoms with Gasteiger partial charge in [-0.2, -0.15) is 5.10 Å². The van der Waals surface area contributed by atoms with Gasteiger partial charge in [-0.15, -0.1) is 0 Å². The molecule has 0 aromatic heterocycles. The minimum atomic E-state index is 0.0317. The molecule has 2 aliphatic rings. The van der Waals surface area contributed by atoms with Gasteiger partial charge >= 0.3 is 0 Å². The molecule has 1 aromatic carbocycles. The number of carbonyl (C=O) groups excluding carboxylic acids is 1. The number of likely N-dealkylation sites (tertiary alicyclic amines) is 1. The van der Waals surface area contributed by atoms with Crippen molar-refractivity contribution in [2.45, 2.75) is 31.9 Å². The van der Waals surface area contributed by atoms with Crippen LogP contribution in [-0.4, -0.2) is 62.6 Å². The van der Waals surface area contributed by atoms with Crippen molar-refractivity contribution in [3.05, 3.63) is 29.8 Å². The third-order valence-corrected chi connectivity index (χ3v) is 4.72. The molecule has 1 fully saturated rings. The van der Waals surface area contributed by atoms with Crippen LogP contribution in [0.3, 0.4) is 0 Å². The summed E-state index contributed by atoms with van der Waals surface area (Å²) in [5, 5.41) is 6.47. The Morgan fingerprint density at radius 3 is 2.62 bits per heavy atom. The Bertz CT molecular complexity index is 614. The lowest BCUT2D eigenvalue weighted by molar-refractivity contribution is 0.0612. The van der Waals surface area contributed by atoms with Crippen molar-refractivity contribution in [1.29, 1.82) is 0 Å². The first-order valence-corrected chi connectivity index (χ1v) is 8.36. The quantitative estimate of drug-likeness (QED) is 0.829. The lowest BCUT2D eigenvalue weighted by Crippen LogP contribution is -2.38. The average Bonchev–Trinajstić information content (AvgIpc) is 3.21. The largest absolute Gasteiger partial charge is 0.383 e. The predicted molar refractivity (Wildman–Crippen MR) is 93.6 cm³/mol. The highest BCUT2D eigenvalue weighted by Gasteiger charge is 2.35. The number of methoxy groups -OCH3 is 2. The van der Waals surface area contributed by atoms with Gasteiger partial charge in [-0.1, -0.05) is 0 Å². The summed E-state index contributed by atoms with van der Waals surface area (Å²) in [5.74, 6) is 0.0317. The minimum Gasteiger partial charge on any atom is -0.383 e. The molecule has 130 valence electrons. The molecular weight excluding hydrogens is 306 g/mol. The summed E-state index contributed by atoms with van der Waals surface area (Å²) in [7, 11) is 3.35. The van der Waals surface area contributed by atoms with Gasteiger partial charge in [0.1, 0.15) is 0 Å². The number of ether oxygens (including phenoxy) is 2. The summed E-state index contributed by atoms with van der Waals surface area (Å²) >= 11 is 0. The highest BCUT2D eigenvalue weighted by atomic mass is 16.5. The Labute approximate surface area is 143 Å². The molecule has 2 atom stereocenters. The number of rotatable bonds is 5. The molecule has 1 aromatic rings. The topological polar surface area (TPSA) is 54.4 Å².